The Morgan fingerprint density at radius 1 is 1.45 bits per heavy atom. The van der Waals surface area contributed by atoms with Crippen molar-refractivity contribution in [1.82, 2.24) is 10.2 Å². The van der Waals surface area contributed by atoms with E-state index in [1.54, 1.807) is 6.92 Å². The van der Waals surface area contributed by atoms with Gasteiger partial charge in [-0.3, -0.25) is 0 Å². The lowest BCUT2D eigenvalue weighted by atomic mass is 9.89. The molecule has 0 spiro atoms. The van der Waals surface area contributed by atoms with Crippen LogP contribution in [-0.4, -0.2) is 54.0 Å². The largest absolute Gasteiger partial charge is 0.450 e. The van der Waals surface area contributed by atoms with Gasteiger partial charge in [-0.15, -0.1) is 0 Å². The van der Waals surface area contributed by atoms with E-state index in [1.165, 1.54) is 4.90 Å². The topological polar surface area (TPSA) is 105 Å². The quantitative estimate of drug-likeness (QED) is 0.691. The first-order valence-corrected chi connectivity index (χ1v) is 7.11. The molecule has 0 aromatic heterocycles. The monoisotopic (exact) mass is 287 g/mol. The minimum Gasteiger partial charge on any atom is -0.450 e. The minimum absolute atomic E-state index is 0.123. The summed E-state index contributed by atoms with van der Waals surface area (Å²) >= 11 is 0. The highest BCUT2D eigenvalue weighted by Gasteiger charge is 2.31. The molecule has 7 heteroatoms. The molecule has 0 radical (unpaired) electrons. The Morgan fingerprint density at radius 2 is 2.15 bits per heavy atom. The molecule has 1 saturated heterocycles. The van der Waals surface area contributed by atoms with Crippen LogP contribution in [0.15, 0.2) is 0 Å². The Morgan fingerprint density at radius 3 is 2.70 bits per heavy atom. The molecule has 0 saturated carbocycles. The summed E-state index contributed by atoms with van der Waals surface area (Å²) in [4.78, 5) is 24.3. The summed E-state index contributed by atoms with van der Waals surface area (Å²) < 4.78 is 4.84. The molecule has 0 aliphatic carbocycles. The number of hydrogen-bond acceptors (Lipinski definition) is 4. The van der Waals surface area contributed by atoms with Crippen molar-refractivity contribution in [1.29, 1.82) is 0 Å². The number of nitrogens with one attached hydrogen (secondary N) is 1. The number of ether oxygens (including phenoxy) is 1. The van der Waals surface area contributed by atoms with E-state index in [2.05, 4.69) is 5.32 Å². The Labute approximate surface area is 119 Å². The van der Waals surface area contributed by atoms with Gasteiger partial charge in [-0.2, -0.15) is 0 Å². The number of nitrogens with zero attached hydrogens (tertiary/aromatic N) is 1. The SMILES string of the molecule is CCOC(=O)NC1CC(CC(O)CC)CN(C(N)=O)C1. The van der Waals surface area contributed by atoms with E-state index < -0.39 is 18.2 Å². The second-order valence-corrected chi connectivity index (χ2v) is 5.20. The van der Waals surface area contributed by atoms with Gasteiger partial charge in [0.25, 0.3) is 0 Å². The van der Waals surface area contributed by atoms with Crippen molar-refractivity contribution in [2.24, 2.45) is 11.7 Å². The number of urea groups is 1. The normalized spacial score (nSPS) is 24.1. The number of piperidine rings is 1. The van der Waals surface area contributed by atoms with Crippen molar-refractivity contribution in [3.05, 3.63) is 0 Å². The van der Waals surface area contributed by atoms with Gasteiger partial charge in [0.05, 0.1) is 18.8 Å². The second-order valence-electron chi connectivity index (χ2n) is 5.20. The third-order valence-electron chi connectivity index (χ3n) is 3.52. The van der Waals surface area contributed by atoms with Crippen LogP contribution in [0.1, 0.15) is 33.1 Å². The second kappa shape index (κ2) is 7.94. The van der Waals surface area contributed by atoms with Gasteiger partial charge in [-0.1, -0.05) is 6.92 Å². The predicted molar refractivity (Wildman–Crippen MR) is 74.1 cm³/mol. The molecule has 0 aromatic rings. The van der Waals surface area contributed by atoms with E-state index in [4.69, 9.17) is 10.5 Å². The Balaban J connectivity index is 2.60. The Hall–Kier alpha value is -1.50. The molecule has 1 fully saturated rings. The third kappa shape index (κ3) is 5.24. The van der Waals surface area contributed by atoms with E-state index in [-0.39, 0.29) is 12.0 Å². The summed E-state index contributed by atoms with van der Waals surface area (Å²) in [7, 11) is 0. The fraction of sp³-hybridized carbons (Fsp3) is 0.846. The highest BCUT2D eigenvalue weighted by Crippen LogP contribution is 2.22. The molecule has 3 amide bonds. The van der Waals surface area contributed by atoms with Crippen LogP contribution in [0, 0.1) is 5.92 Å². The lowest BCUT2D eigenvalue weighted by Crippen LogP contribution is -2.54. The van der Waals surface area contributed by atoms with Crippen LogP contribution >= 0.6 is 0 Å². The summed E-state index contributed by atoms with van der Waals surface area (Å²) in [6.45, 7) is 4.85. The third-order valence-corrected chi connectivity index (χ3v) is 3.52. The summed E-state index contributed by atoms with van der Waals surface area (Å²) in [6, 6.07) is -0.694. The first-order valence-electron chi connectivity index (χ1n) is 7.11. The van der Waals surface area contributed by atoms with E-state index in [9.17, 15) is 14.7 Å². The molecule has 0 bridgehead atoms. The van der Waals surface area contributed by atoms with E-state index in [0.29, 0.717) is 39.0 Å². The molecule has 7 nitrogen and oxygen atoms in total. The zero-order valence-corrected chi connectivity index (χ0v) is 12.2. The zero-order chi connectivity index (χ0) is 15.1. The summed E-state index contributed by atoms with van der Waals surface area (Å²) in [6.07, 6.45) is 1.10. The van der Waals surface area contributed by atoms with Gasteiger partial charge >= 0.3 is 12.1 Å². The molecule has 4 N–H and O–H groups in total. The maximum atomic E-state index is 11.5. The highest BCUT2D eigenvalue weighted by atomic mass is 16.5. The summed E-state index contributed by atoms with van der Waals surface area (Å²) in [5.74, 6) is 0.123. The lowest BCUT2D eigenvalue weighted by molar-refractivity contribution is 0.0912. The Kier molecular flexibility index (Phi) is 6.57. The standard InChI is InChI=1S/C13H25N3O4/c1-3-11(17)6-9-5-10(15-13(19)20-4-2)8-16(7-9)12(14)18/h9-11,17H,3-8H2,1-2H3,(H2,14,18)(H,15,19). The number of carbonyl (C=O) groups excluding carboxylic acids is 2. The smallest absolute Gasteiger partial charge is 0.407 e. The number of hydrogen-bond donors (Lipinski definition) is 3. The highest BCUT2D eigenvalue weighted by molar-refractivity contribution is 5.72. The first kappa shape index (κ1) is 16.6. The molecule has 116 valence electrons. The van der Waals surface area contributed by atoms with Gasteiger partial charge in [0.1, 0.15) is 0 Å². The first-order chi connectivity index (χ1) is 9.46. The molecular formula is C13H25N3O4. The number of aliphatic hydroxyl groups excluding tert-OH is 1. The van der Waals surface area contributed by atoms with Crippen molar-refractivity contribution in [2.45, 2.75) is 45.3 Å². The molecule has 0 aromatic carbocycles. The molecule has 3 unspecified atom stereocenters. The van der Waals surface area contributed by atoms with Gasteiger partial charge in [-0.25, -0.2) is 9.59 Å². The number of nitrogens with two attached hydrogens (primary N) is 1. The number of alkyl carbamates (subject to hydrolysis) is 1. The molecule has 1 rings (SSSR count). The van der Waals surface area contributed by atoms with Crippen molar-refractivity contribution in [3.8, 4) is 0 Å². The van der Waals surface area contributed by atoms with Crippen LogP contribution in [0.2, 0.25) is 0 Å². The molecule has 1 aliphatic heterocycles. The zero-order valence-electron chi connectivity index (χ0n) is 12.2. The van der Waals surface area contributed by atoms with Crippen LogP contribution in [0.4, 0.5) is 9.59 Å². The fourth-order valence-corrected chi connectivity index (χ4v) is 2.55. The maximum Gasteiger partial charge on any atom is 0.407 e. The van der Waals surface area contributed by atoms with Crippen LogP contribution in [0.25, 0.3) is 0 Å². The Bertz CT molecular complexity index is 338. The number of aliphatic hydroxyl groups is 1. The maximum absolute atomic E-state index is 11.5. The number of likely N-dealkylation sites (tertiary alicyclic amines) is 1. The van der Waals surface area contributed by atoms with E-state index in [0.717, 1.165) is 0 Å². The number of amides is 3. The van der Waals surface area contributed by atoms with Crippen molar-refractivity contribution >= 4 is 12.1 Å². The number of carbonyl (C=O) groups is 2. The van der Waals surface area contributed by atoms with Gasteiger partial charge < -0.3 is 25.8 Å². The fourth-order valence-electron chi connectivity index (χ4n) is 2.55. The number of rotatable bonds is 5. The number of primary amides is 1. The predicted octanol–water partition coefficient (Wildman–Crippen LogP) is 0.663. The summed E-state index contributed by atoms with van der Waals surface area (Å²) in [5, 5.41) is 12.5. The van der Waals surface area contributed by atoms with Gasteiger partial charge in [-0.05, 0) is 32.1 Å². The molecule has 20 heavy (non-hydrogen) atoms. The van der Waals surface area contributed by atoms with E-state index in [1.807, 2.05) is 6.92 Å². The minimum atomic E-state index is -0.503. The van der Waals surface area contributed by atoms with Crippen LogP contribution in [0.3, 0.4) is 0 Å². The van der Waals surface area contributed by atoms with Gasteiger partial charge in [0, 0.05) is 13.1 Å². The van der Waals surface area contributed by atoms with Crippen molar-refractivity contribution in [2.75, 3.05) is 19.7 Å². The average molecular weight is 287 g/mol. The van der Waals surface area contributed by atoms with Gasteiger partial charge in [0.15, 0.2) is 0 Å². The van der Waals surface area contributed by atoms with Crippen molar-refractivity contribution < 1.29 is 19.4 Å². The van der Waals surface area contributed by atoms with Crippen molar-refractivity contribution in [3.63, 3.8) is 0 Å². The van der Waals surface area contributed by atoms with E-state index >= 15 is 0 Å². The van der Waals surface area contributed by atoms with Crippen LogP contribution in [-0.2, 0) is 4.74 Å². The lowest BCUT2D eigenvalue weighted by Gasteiger charge is -2.37. The van der Waals surface area contributed by atoms with Gasteiger partial charge in [0.2, 0.25) is 0 Å². The summed E-state index contributed by atoms with van der Waals surface area (Å²) in [5.41, 5.74) is 5.32. The molecule has 1 heterocycles. The van der Waals surface area contributed by atoms with Crippen LogP contribution in [0.5, 0.6) is 0 Å². The van der Waals surface area contributed by atoms with Crippen LogP contribution < -0.4 is 11.1 Å². The molecular weight excluding hydrogens is 262 g/mol. The average Bonchev–Trinajstić information content (AvgIpc) is 2.38. The molecule has 3 atom stereocenters. The molecule has 1 aliphatic rings.